The number of aliphatic carboxylic acids is 1. The van der Waals surface area contributed by atoms with Crippen LogP contribution in [0.3, 0.4) is 0 Å². The Morgan fingerprint density at radius 1 is 1.21 bits per heavy atom. The summed E-state index contributed by atoms with van der Waals surface area (Å²) in [4.78, 5) is 27.8. The predicted octanol–water partition coefficient (Wildman–Crippen LogP) is 1.30. The number of nitrogens with two attached hydrogens (primary N) is 2. The number of carbonyl (C=O) groups is 2. The van der Waals surface area contributed by atoms with E-state index in [0.717, 1.165) is 16.5 Å². The number of carbonyl (C=O) groups excluding carboxylic acids is 1. The van der Waals surface area contributed by atoms with Crippen LogP contribution in [-0.2, 0) is 11.2 Å². The molecule has 3 rings (SSSR count). The number of aromatic nitrogens is 2. The zero-order valence-corrected chi connectivity index (χ0v) is 12.8. The fourth-order valence-electron chi connectivity index (χ4n) is 2.13. The maximum atomic E-state index is 10.6. The molecule has 1 amide bonds. The molecule has 0 aliphatic heterocycles. The van der Waals surface area contributed by atoms with Gasteiger partial charge >= 0.3 is 5.97 Å². The molecule has 2 aromatic heterocycles. The molecular formula is C17H18N4O3. The number of fused-ring (bicyclic) bond motifs is 1. The number of amides is 1. The molecule has 1 aromatic carbocycles. The molecule has 7 nitrogen and oxygen atoms in total. The van der Waals surface area contributed by atoms with E-state index in [1.54, 1.807) is 18.3 Å². The van der Waals surface area contributed by atoms with Crippen LogP contribution in [0, 0.1) is 0 Å². The first kappa shape index (κ1) is 17.2. The number of nitrogens with one attached hydrogen (secondary N) is 1. The summed E-state index contributed by atoms with van der Waals surface area (Å²) >= 11 is 0. The van der Waals surface area contributed by atoms with Crippen molar-refractivity contribution in [3.8, 4) is 0 Å². The molecule has 6 N–H and O–H groups in total. The zero-order valence-electron chi connectivity index (χ0n) is 12.8. The molecule has 1 unspecified atom stereocenters. The first-order valence-corrected chi connectivity index (χ1v) is 7.22. The van der Waals surface area contributed by atoms with Crippen LogP contribution in [0.2, 0.25) is 0 Å². The molecule has 0 aliphatic rings. The molecule has 0 aliphatic carbocycles. The van der Waals surface area contributed by atoms with E-state index in [1.807, 2.05) is 30.5 Å². The molecular weight excluding hydrogens is 308 g/mol. The van der Waals surface area contributed by atoms with E-state index in [-0.39, 0.29) is 0 Å². The van der Waals surface area contributed by atoms with E-state index in [1.165, 1.54) is 6.20 Å². The van der Waals surface area contributed by atoms with Crippen LogP contribution in [0.1, 0.15) is 15.9 Å². The Hall–Kier alpha value is -3.19. The number of rotatable bonds is 4. The predicted molar refractivity (Wildman–Crippen MR) is 90.4 cm³/mol. The van der Waals surface area contributed by atoms with Crippen molar-refractivity contribution in [1.29, 1.82) is 0 Å². The second-order valence-corrected chi connectivity index (χ2v) is 5.11. The van der Waals surface area contributed by atoms with Gasteiger partial charge in [0.05, 0.1) is 5.56 Å². The molecule has 0 spiro atoms. The summed E-state index contributed by atoms with van der Waals surface area (Å²) in [6.07, 6.45) is 5.18. The Kier molecular flexibility index (Phi) is 5.64. The Labute approximate surface area is 138 Å². The highest BCUT2D eigenvalue weighted by atomic mass is 16.4. The van der Waals surface area contributed by atoms with Gasteiger partial charge in [0, 0.05) is 35.9 Å². The van der Waals surface area contributed by atoms with E-state index >= 15 is 0 Å². The number of hydrogen-bond acceptors (Lipinski definition) is 4. The third kappa shape index (κ3) is 4.40. The summed E-state index contributed by atoms with van der Waals surface area (Å²) in [6.45, 7) is 0. The summed E-state index contributed by atoms with van der Waals surface area (Å²) in [7, 11) is 0. The number of pyridine rings is 1. The Bertz CT molecular complexity index is 830. The van der Waals surface area contributed by atoms with Gasteiger partial charge in [-0.3, -0.25) is 14.6 Å². The highest BCUT2D eigenvalue weighted by molar-refractivity contribution is 5.92. The zero-order chi connectivity index (χ0) is 17.5. The number of hydrogen-bond donors (Lipinski definition) is 4. The van der Waals surface area contributed by atoms with Gasteiger partial charge in [0.15, 0.2) is 0 Å². The highest BCUT2D eigenvalue weighted by Gasteiger charge is 2.14. The van der Waals surface area contributed by atoms with Crippen molar-refractivity contribution < 1.29 is 14.7 Å². The molecule has 1 atom stereocenters. The number of benzene rings is 1. The van der Waals surface area contributed by atoms with Crippen LogP contribution in [0.4, 0.5) is 0 Å². The highest BCUT2D eigenvalue weighted by Crippen LogP contribution is 2.18. The number of aromatic amines is 1. The normalized spacial score (nSPS) is 11.4. The maximum absolute atomic E-state index is 10.6. The van der Waals surface area contributed by atoms with Crippen LogP contribution in [-0.4, -0.2) is 33.0 Å². The minimum Gasteiger partial charge on any atom is -0.480 e. The fraction of sp³-hybridized carbons (Fsp3) is 0.118. The van der Waals surface area contributed by atoms with E-state index in [2.05, 4.69) is 9.97 Å². The second-order valence-electron chi connectivity index (χ2n) is 5.11. The van der Waals surface area contributed by atoms with Crippen molar-refractivity contribution >= 4 is 22.8 Å². The Balaban J connectivity index is 0.000000198. The number of carboxylic acid groups (broad SMARTS) is 1. The standard InChI is InChI=1S/C11H12N2O2.C6H6N2O/c12-9(11(14)15)5-7-6-13-10-4-2-1-3-8(7)10;7-6(9)5-2-1-3-8-4-5/h1-4,6,9,13H,5,12H2,(H,14,15);1-4H,(H2,7,9). The average Bonchev–Trinajstić information content (AvgIpc) is 2.99. The lowest BCUT2D eigenvalue weighted by atomic mass is 10.1. The fourth-order valence-corrected chi connectivity index (χ4v) is 2.13. The first-order chi connectivity index (χ1) is 11.5. The van der Waals surface area contributed by atoms with Gasteiger partial charge in [-0.05, 0) is 23.8 Å². The molecule has 24 heavy (non-hydrogen) atoms. The topological polar surface area (TPSA) is 135 Å². The van der Waals surface area contributed by atoms with Crippen molar-refractivity contribution in [1.82, 2.24) is 9.97 Å². The second kappa shape index (κ2) is 7.89. The van der Waals surface area contributed by atoms with Crippen LogP contribution in [0.5, 0.6) is 0 Å². The van der Waals surface area contributed by atoms with Gasteiger partial charge in [-0.1, -0.05) is 18.2 Å². The van der Waals surface area contributed by atoms with Crippen LogP contribution in [0.25, 0.3) is 10.9 Å². The molecule has 124 valence electrons. The third-order valence-corrected chi connectivity index (χ3v) is 3.38. The summed E-state index contributed by atoms with van der Waals surface area (Å²) < 4.78 is 0. The maximum Gasteiger partial charge on any atom is 0.320 e. The quantitative estimate of drug-likeness (QED) is 0.573. The number of para-hydroxylation sites is 1. The Morgan fingerprint density at radius 2 is 1.96 bits per heavy atom. The molecule has 0 saturated heterocycles. The Morgan fingerprint density at radius 3 is 2.54 bits per heavy atom. The smallest absolute Gasteiger partial charge is 0.320 e. The van der Waals surface area contributed by atoms with Gasteiger partial charge in [-0.25, -0.2) is 0 Å². The van der Waals surface area contributed by atoms with Gasteiger partial charge in [0.2, 0.25) is 5.91 Å². The van der Waals surface area contributed by atoms with Gasteiger partial charge in [-0.2, -0.15) is 0 Å². The lowest BCUT2D eigenvalue weighted by Gasteiger charge is -2.04. The van der Waals surface area contributed by atoms with Crippen molar-refractivity contribution in [2.45, 2.75) is 12.5 Å². The summed E-state index contributed by atoms with van der Waals surface area (Å²) in [6, 6.07) is 10.2. The van der Waals surface area contributed by atoms with E-state index < -0.39 is 17.9 Å². The van der Waals surface area contributed by atoms with Gasteiger partial charge < -0.3 is 21.6 Å². The first-order valence-electron chi connectivity index (χ1n) is 7.22. The van der Waals surface area contributed by atoms with Crippen molar-refractivity contribution in [3.63, 3.8) is 0 Å². The van der Waals surface area contributed by atoms with E-state index in [0.29, 0.717) is 12.0 Å². The monoisotopic (exact) mass is 326 g/mol. The minimum absolute atomic E-state index is 0.347. The van der Waals surface area contributed by atoms with Crippen molar-refractivity contribution in [3.05, 3.63) is 66.1 Å². The van der Waals surface area contributed by atoms with E-state index in [4.69, 9.17) is 16.6 Å². The van der Waals surface area contributed by atoms with Gasteiger partial charge in [0.1, 0.15) is 6.04 Å². The molecule has 0 saturated carbocycles. The third-order valence-electron chi connectivity index (χ3n) is 3.38. The van der Waals surface area contributed by atoms with Crippen molar-refractivity contribution in [2.75, 3.05) is 0 Å². The van der Waals surface area contributed by atoms with Crippen LogP contribution < -0.4 is 11.5 Å². The van der Waals surface area contributed by atoms with Gasteiger partial charge in [-0.15, -0.1) is 0 Å². The molecule has 0 bridgehead atoms. The molecule has 2 heterocycles. The number of nitrogens with zero attached hydrogens (tertiary/aromatic N) is 1. The lowest BCUT2D eigenvalue weighted by molar-refractivity contribution is -0.138. The molecule has 0 fully saturated rings. The summed E-state index contributed by atoms with van der Waals surface area (Å²) in [5.41, 5.74) is 12.8. The van der Waals surface area contributed by atoms with Crippen LogP contribution >= 0.6 is 0 Å². The van der Waals surface area contributed by atoms with E-state index in [9.17, 15) is 9.59 Å². The largest absolute Gasteiger partial charge is 0.480 e. The average molecular weight is 326 g/mol. The van der Waals surface area contributed by atoms with Crippen LogP contribution in [0.15, 0.2) is 55.0 Å². The SMILES string of the molecule is NC(=O)c1cccnc1.NC(Cc1c[nH]c2ccccc12)C(=O)O. The summed E-state index contributed by atoms with van der Waals surface area (Å²) in [5.74, 6) is -1.41. The lowest BCUT2D eigenvalue weighted by Crippen LogP contribution is -2.32. The number of H-pyrrole nitrogens is 1. The van der Waals surface area contributed by atoms with Crippen molar-refractivity contribution in [2.24, 2.45) is 11.5 Å². The minimum atomic E-state index is -0.972. The van der Waals surface area contributed by atoms with Gasteiger partial charge in [0.25, 0.3) is 0 Å². The molecule has 7 heteroatoms. The number of carboxylic acids is 1. The molecule has 3 aromatic rings. The number of primary amides is 1. The molecule has 0 radical (unpaired) electrons. The summed E-state index contributed by atoms with van der Waals surface area (Å²) in [5, 5.41) is 9.75.